The summed E-state index contributed by atoms with van der Waals surface area (Å²) in [4.78, 5) is 12.4. The van der Waals surface area contributed by atoms with Gasteiger partial charge in [0.05, 0.1) is 16.3 Å². The lowest BCUT2D eigenvalue weighted by atomic mass is 9.76. The number of para-hydroxylation sites is 1. The molecule has 0 spiro atoms. The average molecular weight is 310 g/mol. The highest BCUT2D eigenvalue weighted by Gasteiger charge is 2.34. The fourth-order valence-electron chi connectivity index (χ4n) is 2.29. The first-order valence-corrected chi connectivity index (χ1v) is 7.10. The van der Waals surface area contributed by atoms with E-state index < -0.39 is 0 Å². The SMILES string of the molecule is CC1(C)CC(=O)C(C(=S)Nc2ccccc2Cl)=C(O)C1. The maximum Gasteiger partial charge on any atom is 0.169 e. The van der Waals surface area contributed by atoms with Gasteiger partial charge in [-0.15, -0.1) is 0 Å². The molecule has 0 bridgehead atoms. The Labute approximate surface area is 128 Å². The average Bonchev–Trinajstić information content (AvgIpc) is 2.29. The van der Waals surface area contributed by atoms with Gasteiger partial charge in [0.1, 0.15) is 10.7 Å². The maximum absolute atomic E-state index is 12.2. The van der Waals surface area contributed by atoms with Crippen molar-refractivity contribution in [2.24, 2.45) is 5.41 Å². The monoisotopic (exact) mass is 309 g/mol. The van der Waals surface area contributed by atoms with Crippen LogP contribution in [0.3, 0.4) is 0 Å². The molecule has 0 saturated carbocycles. The Kier molecular flexibility index (Phi) is 4.16. The number of rotatable bonds is 2. The van der Waals surface area contributed by atoms with E-state index in [4.69, 9.17) is 23.8 Å². The number of hydrogen-bond donors (Lipinski definition) is 2. The van der Waals surface area contributed by atoms with Crippen molar-refractivity contribution in [2.45, 2.75) is 26.7 Å². The Morgan fingerprint density at radius 2 is 2.00 bits per heavy atom. The van der Waals surface area contributed by atoms with Crippen molar-refractivity contribution >= 4 is 40.3 Å². The summed E-state index contributed by atoms with van der Waals surface area (Å²) in [5.41, 5.74) is 0.598. The number of hydrogen-bond acceptors (Lipinski definition) is 3. The molecule has 2 rings (SSSR count). The number of halogens is 1. The van der Waals surface area contributed by atoms with Crippen LogP contribution in [0.5, 0.6) is 0 Å². The van der Waals surface area contributed by atoms with Crippen molar-refractivity contribution < 1.29 is 9.90 Å². The van der Waals surface area contributed by atoms with Crippen LogP contribution in [-0.2, 0) is 4.79 Å². The molecule has 0 heterocycles. The van der Waals surface area contributed by atoms with Gasteiger partial charge in [-0.2, -0.15) is 0 Å². The molecule has 1 aliphatic rings. The quantitative estimate of drug-likeness (QED) is 0.801. The van der Waals surface area contributed by atoms with Crippen molar-refractivity contribution in [1.29, 1.82) is 0 Å². The molecule has 0 unspecified atom stereocenters. The van der Waals surface area contributed by atoms with Gasteiger partial charge in [-0.25, -0.2) is 0 Å². The standard InChI is InChI=1S/C15H16ClNO2S/c1-15(2)7-11(18)13(12(19)8-15)14(20)17-10-6-4-3-5-9(10)16/h3-6,18H,7-8H2,1-2H3,(H,17,20). The Morgan fingerprint density at radius 3 is 2.60 bits per heavy atom. The zero-order chi connectivity index (χ0) is 14.9. The molecule has 0 saturated heterocycles. The number of allylic oxidation sites excluding steroid dienone is 1. The number of carbonyl (C=O) groups excluding carboxylic acids is 1. The predicted molar refractivity (Wildman–Crippen MR) is 85.3 cm³/mol. The Balaban J connectivity index is 2.26. The summed E-state index contributed by atoms with van der Waals surface area (Å²) < 4.78 is 0. The van der Waals surface area contributed by atoms with E-state index in [1.165, 1.54) is 0 Å². The minimum atomic E-state index is -0.231. The Morgan fingerprint density at radius 1 is 1.35 bits per heavy atom. The third kappa shape index (κ3) is 3.19. The second-order valence-electron chi connectivity index (χ2n) is 5.70. The molecule has 106 valence electrons. The molecule has 2 N–H and O–H groups in total. The van der Waals surface area contributed by atoms with Crippen LogP contribution in [0.4, 0.5) is 5.69 Å². The highest BCUT2D eigenvalue weighted by Crippen LogP contribution is 2.36. The van der Waals surface area contributed by atoms with Crippen LogP contribution >= 0.6 is 23.8 Å². The summed E-state index contributed by atoms with van der Waals surface area (Å²) in [5, 5.41) is 13.5. The first-order chi connectivity index (χ1) is 9.30. The van der Waals surface area contributed by atoms with E-state index in [0.29, 0.717) is 23.6 Å². The van der Waals surface area contributed by atoms with Crippen molar-refractivity contribution in [3.8, 4) is 0 Å². The number of Topliss-reactive ketones (excluding diaryl/α,β-unsaturated/α-hetero) is 1. The molecule has 1 aromatic carbocycles. The van der Waals surface area contributed by atoms with Crippen LogP contribution in [0.25, 0.3) is 0 Å². The van der Waals surface area contributed by atoms with Gasteiger partial charge in [0, 0.05) is 12.8 Å². The third-order valence-corrected chi connectivity index (χ3v) is 3.84. The van der Waals surface area contributed by atoms with E-state index in [9.17, 15) is 9.90 Å². The van der Waals surface area contributed by atoms with Gasteiger partial charge in [0.15, 0.2) is 5.78 Å². The van der Waals surface area contributed by atoms with Crippen molar-refractivity contribution in [3.63, 3.8) is 0 Å². The Bertz CT molecular complexity index is 608. The maximum atomic E-state index is 12.2. The number of aliphatic hydroxyl groups excluding tert-OH is 1. The molecule has 0 aromatic heterocycles. The number of thiocarbonyl (C=S) groups is 1. The van der Waals surface area contributed by atoms with E-state index in [0.717, 1.165) is 0 Å². The fourth-order valence-corrected chi connectivity index (χ4v) is 2.82. The van der Waals surface area contributed by atoms with Crippen LogP contribution in [0.2, 0.25) is 5.02 Å². The second kappa shape index (κ2) is 5.54. The molecule has 1 aliphatic carbocycles. The summed E-state index contributed by atoms with van der Waals surface area (Å²) in [6.45, 7) is 3.89. The van der Waals surface area contributed by atoms with Crippen LogP contribution in [0.15, 0.2) is 35.6 Å². The fraction of sp³-hybridized carbons (Fsp3) is 0.333. The van der Waals surface area contributed by atoms with Gasteiger partial charge in [0.25, 0.3) is 0 Å². The van der Waals surface area contributed by atoms with E-state index >= 15 is 0 Å². The van der Waals surface area contributed by atoms with Gasteiger partial charge in [0.2, 0.25) is 0 Å². The zero-order valence-electron chi connectivity index (χ0n) is 11.4. The third-order valence-electron chi connectivity index (χ3n) is 3.20. The first kappa shape index (κ1) is 15.0. The molecule has 0 amide bonds. The van der Waals surface area contributed by atoms with Crippen molar-refractivity contribution in [3.05, 3.63) is 40.6 Å². The lowest BCUT2D eigenvalue weighted by molar-refractivity contribution is -0.117. The van der Waals surface area contributed by atoms with Crippen LogP contribution in [-0.4, -0.2) is 15.9 Å². The number of nitrogens with one attached hydrogen (secondary N) is 1. The van der Waals surface area contributed by atoms with Crippen LogP contribution in [0, 0.1) is 5.41 Å². The molecular formula is C15H16ClNO2S. The Hall–Kier alpha value is -1.39. The normalized spacial score (nSPS) is 18.1. The number of anilines is 1. The minimum Gasteiger partial charge on any atom is -0.511 e. The summed E-state index contributed by atoms with van der Waals surface area (Å²) in [6.07, 6.45) is 0.815. The number of benzene rings is 1. The van der Waals surface area contributed by atoms with Gasteiger partial charge in [-0.1, -0.05) is 49.8 Å². The summed E-state index contributed by atoms with van der Waals surface area (Å²) in [6, 6.07) is 7.12. The zero-order valence-corrected chi connectivity index (χ0v) is 12.9. The minimum absolute atomic E-state index is 0.0517. The predicted octanol–water partition coefficient (Wildman–Crippen LogP) is 4.28. The molecule has 0 aliphatic heterocycles. The number of carbonyl (C=O) groups is 1. The molecule has 0 atom stereocenters. The number of aliphatic hydroxyl groups is 1. The number of ketones is 1. The summed E-state index contributed by atoms with van der Waals surface area (Å²) in [7, 11) is 0. The van der Waals surface area contributed by atoms with Gasteiger partial charge in [-0.3, -0.25) is 4.79 Å². The highest BCUT2D eigenvalue weighted by molar-refractivity contribution is 7.81. The van der Waals surface area contributed by atoms with E-state index in [-0.39, 0.29) is 27.5 Å². The van der Waals surface area contributed by atoms with E-state index in [1.807, 2.05) is 26.0 Å². The highest BCUT2D eigenvalue weighted by atomic mass is 35.5. The second-order valence-corrected chi connectivity index (χ2v) is 6.51. The lowest BCUT2D eigenvalue weighted by Gasteiger charge is -2.29. The molecular weight excluding hydrogens is 294 g/mol. The van der Waals surface area contributed by atoms with Crippen molar-refractivity contribution in [1.82, 2.24) is 0 Å². The molecule has 3 nitrogen and oxygen atoms in total. The molecule has 1 aromatic rings. The largest absolute Gasteiger partial charge is 0.511 e. The summed E-state index contributed by atoms with van der Waals surface area (Å²) >= 11 is 11.3. The van der Waals surface area contributed by atoms with Crippen LogP contribution < -0.4 is 5.32 Å². The smallest absolute Gasteiger partial charge is 0.169 e. The van der Waals surface area contributed by atoms with Gasteiger partial charge < -0.3 is 10.4 Å². The molecule has 0 fully saturated rings. The van der Waals surface area contributed by atoms with Gasteiger partial charge in [-0.05, 0) is 17.5 Å². The molecule has 5 heteroatoms. The molecule has 0 radical (unpaired) electrons. The summed E-state index contributed by atoms with van der Waals surface area (Å²) in [5.74, 6) is -0.0842. The van der Waals surface area contributed by atoms with E-state index in [1.54, 1.807) is 12.1 Å². The first-order valence-electron chi connectivity index (χ1n) is 6.31. The van der Waals surface area contributed by atoms with Crippen molar-refractivity contribution in [2.75, 3.05) is 5.32 Å². The van der Waals surface area contributed by atoms with E-state index in [2.05, 4.69) is 5.32 Å². The molecule has 20 heavy (non-hydrogen) atoms. The van der Waals surface area contributed by atoms with Crippen LogP contribution in [0.1, 0.15) is 26.7 Å². The topological polar surface area (TPSA) is 49.3 Å². The van der Waals surface area contributed by atoms with Gasteiger partial charge >= 0.3 is 0 Å². The lowest BCUT2D eigenvalue weighted by Crippen LogP contribution is -2.31.